The van der Waals surface area contributed by atoms with Gasteiger partial charge in [0, 0.05) is 0 Å². The van der Waals surface area contributed by atoms with Gasteiger partial charge < -0.3 is 9.82 Å². The van der Waals surface area contributed by atoms with Gasteiger partial charge in [0.2, 0.25) is 0 Å². The molecule has 0 aliphatic heterocycles. The summed E-state index contributed by atoms with van der Waals surface area (Å²) < 4.78 is 0. The van der Waals surface area contributed by atoms with E-state index in [1.807, 2.05) is 18.2 Å². The number of nitrogens with zero attached hydrogens (tertiary/aromatic N) is 1. The van der Waals surface area contributed by atoms with Gasteiger partial charge in [0.05, 0.1) is 23.8 Å². The van der Waals surface area contributed by atoms with Gasteiger partial charge in [0.1, 0.15) is 0 Å². The number of rotatable bonds is 2. The Hall–Kier alpha value is -1.88. The minimum Gasteiger partial charge on any atom is -0.373 e. The Morgan fingerprint density at radius 1 is 1.57 bits per heavy atom. The molecule has 0 aliphatic rings. The highest BCUT2D eigenvalue weighted by Gasteiger charge is 2.07. The summed E-state index contributed by atoms with van der Waals surface area (Å²) in [5, 5.41) is 0. The first-order chi connectivity index (χ1) is 6.81. The Labute approximate surface area is 79.8 Å². The summed E-state index contributed by atoms with van der Waals surface area (Å²) >= 11 is 0. The summed E-state index contributed by atoms with van der Waals surface area (Å²) in [5.74, 6) is 4.30. The fourth-order valence-electron chi connectivity index (χ4n) is 1.37. The molecule has 14 heavy (non-hydrogen) atoms. The molecule has 0 atom stereocenters. The van der Waals surface area contributed by atoms with Crippen LogP contribution in [0.4, 0.5) is 0 Å². The van der Waals surface area contributed by atoms with Crippen molar-refractivity contribution in [3.05, 3.63) is 30.1 Å². The molecule has 0 radical (unpaired) electrons. The van der Waals surface area contributed by atoms with E-state index in [0.29, 0.717) is 0 Å². The SMILES string of the molecule is NOC(=O)Cc1cccc2nc[nH]c12. The van der Waals surface area contributed by atoms with Gasteiger partial charge in [-0.05, 0) is 11.6 Å². The van der Waals surface area contributed by atoms with Crippen LogP contribution in [-0.4, -0.2) is 15.9 Å². The van der Waals surface area contributed by atoms with Crippen molar-refractivity contribution >= 4 is 17.0 Å². The van der Waals surface area contributed by atoms with Crippen molar-refractivity contribution in [1.82, 2.24) is 9.97 Å². The largest absolute Gasteiger partial charge is 0.373 e. The van der Waals surface area contributed by atoms with Crippen LogP contribution in [0.5, 0.6) is 0 Å². The fourth-order valence-corrected chi connectivity index (χ4v) is 1.37. The van der Waals surface area contributed by atoms with Gasteiger partial charge in [0.25, 0.3) is 0 Å². The highest BCUT2D eigenvalue weighted by atomic mass is 16.7. The second-order valence-corrected chi connectivity index (χ2v) is 2.88. The molecule has 2 rings (SSSR count). The Bertz CT molecular complexity index is 464. The molecule has 5 heteroatoms. The van der Waals surface area contributed by atoms with Crippen LogP contribution >= 0.6 is 0 Å². The molecule has 1 aromatic carbocycles. The molecule has 3 N–H and O–H groups in total. The van der Waals surface area contributed by atoms with Crippen molar-refractivity contribution in [2.75, 3.05) is 0 Å². The first-order valence-corrected chi connectivity index (χ1v) is 4.12. The predicted octanol–water partition coefficient (Wildman–Crippen LogP) is 0.522. The number of aromatic amines is 1. The van der Waals surface area contributed by atoms with Gasteiger partial charge in [-0.3, -0.25) is 4.79 Å². The molecule has 0 unspecified atom stereocenters. The number of benzene rings is 1. The molecule has 72 valence electrons. The van der Waals surface area contributed by atoms with Crippen LogP contribution in [0, 0.1) is 0 Å². The van der Waals surface area contributed by atoms with Crippen LogP contribution in [-0.2, 0) is 16.1 Å². The van der Waals surface area contributed by atoms with Gasteiger partial charge in [0.15, 0.2) is 0 Å². The van der Waals surface area contributed by atoms with Crippen molar-refractivity contribution in [1.29, 1.82) is 0 Å². The molecule has 1 aromatic heterocycles. The first-order valence-electron chi connectivity index (χ1n) is 4.12. The van der Waals surface area contributed by atoms with E-state index in [-0.39, 0.29) is 6.42 Å². The lowest BCUT2D eigenvalue weighted by Crippen LogP contribution is -2.12. The van der Waals surface area contributed by atoms with Crippen LogP contribution in [0.25, 0.3) is 11.0 Å². The average Bonchev–Trinajstić information content (AvgIpc) is 2.66. The summed E-state index contributed by atoms with van der Waals surface area (Å²) in [5.41, 5.74) is 2.50. The Kier molecular flexibility index (Phi) is 2.16. The molecule has 0 aliphatic carbocycles. The van der Waals surface area contributed by atoms with Crippen LogP contribution in [0.2, 0.25) is 0 Å². The standard InChI is InChI=1S/C9H9N3O2/c10-14-8(13)4-6-2-1-3-7-9(6)12-5-11-7/h1-3,5H,4,10H2,(H,11,12). The van der Waals surface area contributed by atoms with Crippen molar-refractivity contribution in [2.24, 2.45) is 5.90 Å². The third-order valence-electron chi connectivity index (χ3n) is 2.01. The van der Waals surface area contributed by atoms with E-state index < -0.39 is 5.97 Å². The maximum atomic E-state index is 11.0. The molecule has 0 bridgehead atoms. The minimum atomic E-state index is -0.466. The van der Waals surface area contributed by atoms with Gasteiger partial charge >= 0.3 is 5.97 Å². The zero-order chi connectivity index (χ0) is 9.97. The maximum absolute atomic E-state index is 11.0. The lowest BCUT2D eigenvalue weighted by Gasteiger charge is -1.99. The van der Waals surface area contributed by atoms with E-state index in [1.165, 1.54) is 0 Å². The minimum absolute atomic E-state index is 0.149. The molecule has 2 aromatic rings. The highest BCUT2D eigenvalue weighted by molar-refractivity contribution is 5.83. The van der Waals surface area contributed by atoms with Gasteiger partial charge in [-0.2, -0.15) is 5.90 Å². The van der Waals surface area contributed by atoms with Crippen molar-refractivity contribution in [3.63, 3.8) is 0 Å². The van der Waals surface area contributed by atoms with Gasteiger partial charge in [-0.15, -0.1) is 0 Å². The number of carbonyl (C=O) groups excluding carboxylic acids is 1. The summed E-state index contributed by atoms with van der Waals surface area (Å²) in [6, 6.07) is 5.53. The molecule has 0 fully saturated rings. The molecule has 0 saturated carbocycles. The number of aromatic nitrogens is 2. The molecule has 1 heterocycles. The smallest absolute Gasteiger partial charge is 0.328 e. The third kappa shape index (κ3) is 1.45. The Balaban J connectivity index is 2.41. The number of para-hydroxylation sites is 1. The van der Waals surface area contributed by atoms with E-state index in [1.54, 1.807) is 6.33 Å². The zero-order valence-electron chi connectivity index (χ0n) is 7.36. The number of nitrogens with one attached hydrogen (secondary N) is 1. The van der Waals surface area contributed by atoms with E-state index in [4.69, 9.17) is 5.90 Å². The molecule has 0 spiro atoms. The van der Waals surface area contributed by atoms with Crippen LogP contribution in [0.3, 0.4) is 0 Å². The number of H-pyrrole nitrogens is 1. The zero-order valence-corrected chi connectivity index (χ0v) is 7.36. The van der Waals surface area contributed by atoms with E-state index >= 15 is 0 Å². The quantitative estimate of drug-likeness (QED) is 0.678. The number of fused-ring (bicyclic) bond motifs is 1. The van der Waals surface area contributed by atoms with Crippen LogP contribution < -0.4 is 5.90 Å². The highest BCUT2D eigenvalue weighted by Crippen LogP contribution is 2.14. The summed E-state index contributed by atoms with van der Waals surface area (Å²) in [7, 11) is 0. The summed E-state index contributed by atoms with van der Waals surface area (Å²) in [6.07, 6.45) is 1.73. The number of hydrogen-bond donors (Lipinski definition) is 2. The number of carbonyl (C=O) groups is 1. The van der Waals surface area contributed by atoms with E-state index in [2.05, 4.69) is 14.8 Å². The second-order valence-electron chi connectivity index (χ2n) is 2.88. The Morgan fingerprint density at radius 2 is 2.43 bits per heavy atom. The summed E-state index contributed by atoms with van der Waals surface area (Å²) in [6.45, 7) is 0. The molecular weight excluding hydrogens is 182 g/mol. The molecule has 0 saturated heterocycles. The first kappa shape index (κ1) is 8.71. The maximum Gasteiger partial charge on any atom is 0.328 e. The van der Waals surface area contributed by atoms with Gasteiger partial charge in [-0.25, -0.2) is 4.98 Å². The fraction of sp³-hybridized carbons (Fsp3) is 0.111. The lowest BCUT2D eigenvalue weighted by atomic mass is 10.1. The van der Waals surface area contributed by atoms with Gasteiger partial charge in [-0.1, -0.05) is 12.1 Å². The van der Waals surface area contributed by atoms with Crippen LogP contribution in [0.15, 0.2) is 24.5 Å². The summed E-state index contributed by atoms with van der Waals surface area (Å²) in [4.78, 5) is 22.1. The van der Waals surface area contributed by atoms with Crippen molar-refractivity contribution in [3.8, 4) is 0 Å². The molecule has 5 nitrogen and oxygen atoms in total. The lowest BCUT2D eigenvalue weighted by molar-refractivity contribution is -0.143. The van der Waals surface area contributed by atoms with E-state index in [9.17, 15) is 4.79 Å². The average molecular weight is 191 g/mol. The second kappa shape index (κ2) is 3.47. The number of nitrogens with two attached hydrogens (primary N) is 1. The van der Waals surface area contributed by atoms with Crippen molar-refractivity contribution < 1.29 is 9.63 Å². The molecule has 0 amide bonds. The topological polar surface area (TPSA) is 81.0 Å². The van der Waals surface area contributed by atoms with E-state index in [0.717, 1.165) is 16.6 Å². The third-order valence-corrected chi connectivity index (χ3v) is 2.01. The Morgan fingerprint density at radius 3 is 3.21 bits per heavy atom. The van der Waals surface area contributed by atoms with Crippen LogP contribution in [0.1, 0.15) is 5.56 Å². The van der Waals surface area contributed by atoms with Crippen molar-refractivity contribution in [2.45, 2.75) is 6.42 Å². The monoisotopic (exact) mass is 191 g/mol. The predicted molar refractivity (Wildman–Crippen MR) is 50.1 cm³/mol. The normalized spacial score (nSPS) is 10.4. The number of imidazole rings is 1. The number of hydrogen-bond acceptors (Lipinski definition) is 4. The molecular formula is C9H9N3O2.